The Morgan fingerprint density at radius 2 is 2.10 bits per heavy atom. The van der Waals surface area contributed by atoms with Crippen LogP contribution >= 0.6 is 11.3 Å². The van der Waals surface area contributed by atoms with Crippen LogP contribution in [0.25, 0.3) is 0 Å². The van der Waals surface area contributed by atoms with Crippen LogP contribution in [0.1, 0.15) is 49.9 Å². The van der Waals surface area contributed by atoms with Crippen molar-refractivity contribution in [3.8, 4) is 0 Å². The van der Waals surface area contributed by atoms with Gasteiger partial charge in [-0.05, 0) is 58.0 Å². The number of hydrogen-bond acceptors (Lipinski definition) is 5. The molecule has 0 aliphatic carbocycles. The average Bonchev–Trinajstić information content (AvgIpc) is 3.45. The Bertz CT molecular complexity index is 823. The Kier molecular flexibility index (Phi) is 7.61. The van der Waals surface area contributed by atoms with Crippen LogP contribution in [0.15, 0.2) is 29.1 Å². The molecule has 0 radical (unpaired) electrons. The zero-order chi connectivity index (χ0) is 21.6. The Balaban J connectivity index is 1.31. The first-order chi connectivity index (χ1) is 15.1. The summed E-state index contributed by atoms with van der Waals surface area (Å²) >= 11 is 1.75. The maximum Gasteiger partial charge on any atom is 0.193 e. The second-order valence-electron chi connectivity index (χ2n) is 9.06. The monoisotopic (exact) mass is 443 g/mol. The molecule has 2 aromatic rings. The van der Waals surface area contributed by atoms with Gasteiger partial charge >= 0.3 is 0 Å². The van der Waals surface area contributed by atoms with Crippen LogP contribution in [-0.2, 0) is 6.54 Å². The van der Waals surface area contributed by atoms with Crippen molar-refractivity contribution >= 4 is 17.3 Å². The highest BCUT2D eigenvalue weighted by Crippen LogP contribution is 2.27. The molecule has 2 aliphatic heterocycles. The number of aromatic nitrogens is 3. The molecule has 0 saturated carbocycles. The Hall–Kier alpha value is -1.93. The predicted molar refractivity (Wildman–Crippen MR) is 127 cm³/mol. The van der Waals surface area contributed by atoms with E-state index in [9.17, 15) is 0 Å². The topological polar surface area (TPSA) is 61.6 Å². The van der Waals surface area contributed by atoms with Crippen molar-refractivity contribution in [1.29, 1.82) is 0 Å². The molecule has 2 unspecified atom stereocenters. The number of nitrogens with zero attached hydrogens (tertiary/aromatic N) is 6. The van der Waals surface area contributed by atoms with Crippen LogP contribution in [0.2, 0.25) is 0 Å². The predicted octanol–water partition coefficient (Wildman–Crippen LogP) is 3.41. The van der Waals surface area contributed by atoms with E-state index in [-0.39, 0.29) is 0 Å². The molecule has 0 amide bonds. The number of aryl methyl sites for hydroxylation is 1. The minimum atomic E-state index is 0.456. The van der Waals surface area contributed by atoms with E-state index >= 15 is 0 Å². The van der Waals surface area contributed by atoms with Crippen LogP contribution in [0.4, 0.5) is 0 Å². The second-order valence-corrected chi connectivity index (χ2v) is 10.1. The van der Waals surface area contributed by atoms with E-state index in [2.05, 4.69) is 62.0 Å². The van der Waals surface area contributed by atoms with E-state index in [4.69, 9.17) is 4.99 Å². The van der Waals surface area contributed by atoms with Crippen molar-refractivity contribution in [1.82, 2.24) is 29.7 Å². The highest BCUT2D eigenvalue weighted by molar-refractivity contribution is 7.09. The zero-order valence-electron chi connectivity index (χ0n) is 19.2. The summed E-state index contributed by atoms with van der Waals surface area (Å²) in [5.74, 6) is 2.41. The lowest BCUT2D eigenvalue weighted by Gasteiger charge is -2.39. The molecule has 0 bridgehead atoms. The summed E-state index contributed by atoms with van der Waals surface area (Å²) in [7, 11) is 0. The van der Waals surface area contributed by atoms with E-state index in [1.807, 2.05) is 12.5 Å². The van der Waals surface area contributed by atoms with Gasteiger partial charge in [-0.25, -0.2) is 9.97 Å². The molecule has 2 aromatic heterocycles. The van der Waals surface area contributed by atoms with Crippen molar-refractivity contribution in [2.45, 2.75) is 52.6 Å². The molecule has 2 atom stereocenters. The second kappa shape index (κ2) is 10.6. The highest BCUT2D eigenvalue weighted by atomic mass is 32.1. The number of aliphatic imine (C=N–C) groups is 1. The highest BCUT2D eigenvalue weighted by Gasteiger charge is 2.29. The van der Waals surface area contributed by atoms with Gasteiger partial charge in [0.2, 0.25) is 0 Å². The molecule has 31 heavy (non-hydrogen) atoms. The van der Waals surface area contributed by atoms with Crippen molar-refractivity contribution in [2.75, 3.05) is 39.3 Å². The summed E-state index contributed by atoms with van der Waals surface area (Å²) < 4.78 is 2.26. The van der Waals surface area contributed by atoms with Gasteiger partial charge in [-0.2, -0.15) is 0 Å². The average molecular weight is 444 g/mol. The lowest BCUT2D eigenvalue weighted by Crippen LogP contribution is -2.49. The molecular weight excluding hydrogens is 406 g/mol. The van der Waals surface area contributed by atoms with Gasteiger partial charge < -0.3 is 14.8 Å². The lowest BCUT2D eigenvalue weighted by atomic mass is 9.93. The molecule has 4 heterocycles. The number of rotatable bonds is 6. The van der Waals surface area contributed by atoms with Gasteiger partial charge in [-0.15, -0.1) is 11.3 Å². The molecule has 0 aromatic carbocycles. The molecule has 8 heteroatoms. The maximum atomic E-state index is 5.09. The largest absolute Gasteiger partial charge is 0.357 e. The van der Waals surface area contributed by atoms with E-state index in [0.29, 0.717) is 17.9 Å². The van der Waals surface area contributed by atoms with Gasteiger partial charge in [-0.3, -0.25) is 9.89 Å². The first-order valence-electron chi connectivity index (χ1n) is 11.8. The third kappa shape index (κ3) is 5.86. The smallest absolute Gasteiger partial charge is 0.193 e. The molecule has 2 saturated heterocycles. The van der Waals surface area contributed by atoms with Crippen LogP contribution in [0, 0.1) is 18.8 Å². The SMILES string of the molecule is CCNC(=NCC1CCN(Cc2csc(C)n2)CC1)N1CCC(C)C(n2ccnc2)C1. The third-order valence-electron chi connectivity index (χ3n) is 6.72. The number of piperidine rings is 2. The number of imidazole rings is 1. The van der Waals surface area contributed by atoms with Crippen molar-refractivity contribution in [3.63, 3.8) is 0 Å². The molecule has 2 fully saturated rings. The van der Waals surface area contributed by atoms with Gasteiger partial charge in [0.15, 0.2) is 5.96 Å². The number of nitrogens with one attached hydrogen (secondary N) is 1. The Morgan fingerprint density at radius 1 is 1.26 bits per heavy atom. The third-order valence-corrected chi connectivity index (χ3v) is 7.54. The number of thiazole rings is 1. The van der Waals surface area contributed by atoms with Gasteiger partial charge in [0.1, 0.15) is 0 Å². The molecule has 0 spiro atoms. The van der Waals surface area contributed by atoms with Crippen LogP contribution < -0.4 is 5.32 Å². The van der Waals surface area contributed by atoms with E-state index < -0.39 is 0 Å². The summed E-state index contributed by atoms with van der Waals surface area (Å²) in [6.45, 7) is 13.8. The molecule has 2 aliphatic rings. The first kappa shape index (κ1) is 22.3. The summed E-state index contributed by atoms with van der Waals surface area (Å²) in [5, 5.41) is 6.91. The number of likely N-dealkylation sites (tertiary alicyclic amines) is 2. The quantitative estimate of drug-likeness (QED) is 0.548. The Labute approximate surface area is 190 Å². The molecular formula is C23H37N7S. The summed E-state index contributed by atoms with van der Waals surface area (Å²) in [4.78, 5) is 19.0. The standard InChI is InChI=1S/C23H37N7S/c1-4-25-23(29-11-5-18(2)22(15-29)30-12-8-24-17-30)26-13-20-6-9-28(10-7-20)14-21-16-31-19(3)27-21/h8,12,16-18,20,22H,4-7,9-11,13-15H2,1-3H3,(H,25,26). The van der Waals surface area contributed by atoms with Crippen molar-refractivity contribution in [3.05, 3.63) is 34.8 Å². The zero-order valence-corrected chi connectivity index (χ0v) is 20.0. The van der Waals surface area contributed by atoms with Crippen LogP contribution in [0.3, 0.4) is 0 Å². The molecule has 1 N–H and O–H groups in total. The van der Waals surface area contributed by atoms with E-state index in [1.165, 1.54) is 25.0 Å². The molecule has 4 rings (SSSR count). The van der Waals surface area contributed by atoms with Crippen LogP contribution in [-0.4, -0.2) is 69.6 Å². The normalized spacial score (nSPS) is 24.0. The summed E-state index contributed by atoms with van der Waals surface area (Å²) in [6.07, 6.45) is 9.56. The van der Waals surface area contributed by atoms with Gasteiger partial charge in [0, 0.05) is 50.5 Å². The van der Waals surface area contributed by atoms with Crippen molar-refractivity contribution < 1.29 is 0 Å². The molecule has 7 nitrogen and oxygen atoms in total. The number of hydrogen-bond donors (Lipinski definition) is 1. The summed E-state index contributed by atoms with van der Waals surface area (Å²) in [6, 6.07) is 0.456. The van der Waals surface area contributed by atoms with Gasteiger partial charge in [-0.1, -0.05) is 6.92 Å². The summed E-state index contributed by atoms with van der Waals surface area (Å²) in [5.41, 5.74) is 1.22. The van der Waals surface area contributed by atoms with E-state index in [0.717, 1.165) is 56.8 Å². The maximum absolute atomic E-state index is 5.09. The Morgan fingerprint density at radius 3 is 2.77 bits per heavy atom. The minimum absolute atomic E-state index is 0.456. The fourth-order valence-corrected chi connectivity index (χ4v) is 5.38. The first-order valence-corrected chi connectivity index (χ1v) is 12.6. The van der Waals surface area contributed by atoms with E-state index in [1.54, 1.807) is 11.3 Å². The van der Waals surface area contributed by atoms with Crippen molar-refractivity contribution in [2.24, 2.45) is 16.8 Å². The molecule has 170 valence electrons. The lowest BCUT2D eigenvalue weighted by molar-refractivity contribution is 0.176. The van der Waals surface area contributed by atoms with Crippen LogP contribution in [0.5, 0.6) is 0 Å². The number of guanidine groups is 1. The fraction of sp³-hybridized carbons (Fsp3) is 0.696. The minimum Gasteiger partial charge on any atom is -0.357 e. The fourth-order valence-electron chi connectivity index (χ4n) is 4.77. The van der Waals surface area contributed by atoms with Gasteiger partial charge in [0.25, 0.3) is 0 Å². The van der Waals surface area contributed by atoms with Gasteiger partial charge in [0.05, 0.1) is 23.1 Å².